The molecule has 3 aliphatic rings. The quantitative estimate of drug-likeness (QED) is 0.464. The third kappa shape index (κ3) is 3.48. The van der Waals surface area contributed by atoms with Gasteiger partial charge >= 0.3 is 138 Å². The van der Waals surface area contributed by atoms with E-state index in [2.05, 4.69) is 71.1 Å². The summed E-state index contributed by atoms with van der Waals surface area (Å²) < 4.78 is 5.35. The van der Waals surface area contributed by atoms with E-state index in [4.69, 9.17) is 0 Å². The van der Waals surface area contributed by atoms with Gasteiger partial charge in [0.1, 0.15) is 0 Å². The molecule has 3 aliphatic carbocycles. The third-order valence-corrected chi connectivity index (χ3v) is 14.2. The summed E-state index contributed by atoms with van der Waals surface area (Å²) in [5.74, 6) is 0. The van der Waals surface area contributed by atoms with E-state index in [9.17, 15) is 0 Å². The Labute approximate surface area is 161 Å². The van der Waals surface area contributed by atoms with E-state index in [1.807, 2.05) is 3.28 Å². The molecule has 0 spiro atoms. The fourth-order valence-corrected chi connectivity index (χ4v) is 12.7. The molecule has 0 saturated carbocycles. The van der Waals surface area contributed by atoms with Gasteiger partial charge in [-0.25, -0.2) is 0 Å². The van der Waals surface area contributed by atoms with E-state index in [0.29, 0.717) is 0 Å². The van der Waals surface area contributed by atoms with Crippen molar-refractivity contribution in [1.82, 2.24) is 0 Å². The van der Waals surface area contributed by atoms with Crippen molar-refractivity contribution in [3.63, 3.8) is 0 Å². The van der Waals surface area contributed by atoms with Crippen LogP contribution in [0, 0.1) is 5.41 Å². The van der Waals surface area contributed by atoms with Crippen LogP contribution in [0.4, 0.5) is 0 Å². The second-order valence-electron chi connectivity index (χ2n) is 6.90. The van der Waals surface area contributed by atoms with Crippen LogP contribution in [0.1, 0.15) is 47.5 Å². The van der Waals surface area contributed by atoms with Gasteiger partial charge in [-0.1, -0.05) is 0 Å². The Kier molecular flexibility index (Phi) is 7.15. The molecule has 0 aromatic rings. The maximum absolute atomic E-state index is 2.45. The smallest absolute Gasteiger partial charge is 0.147 e. The fourth-order valence-electron chi connectivity index (χ4n) is 3.89. The molecule has 0 nitrogen and oxygen atoms in total. The summed E-state index contributed by atoms with van der Waals surface area (Å²) in [6.07, 6.45) is 16.4. The Morgan fingerprint density at radius 3 is 1.61 bits per heavy atom. The van der Waals surface area contributed by atoms with Crippen molar-refractivity contribution in [3.05, 3.63) is 63.0 Å². The predicted octanol–water partition coefficient (Wildman–Crippen LogP) is 6.79. The van der Waals surface area contributed by atoms with Crippen molar-refractivity contribution in [2.75, 3.05) is 0 Å². The van der Waals surface area contributed by atoms with Crippen LogP contribution in [0.3, 0.4) is 0 Å². The van der Waals surface area contributed by atoms with Gasteiger partial charge in [-0.15, -0.1) is 24.8 Å². The standard InChI is InChI=1S/C10H15.2C5H5.2ClH.Zr/c1-7-6-10(4,5)9(3)8(7)2;2*1-2-4-5-3-1;;;/h1-5H3;2*1-3H,4H2;2*1H;. The van der Waals surface area contributed by atoms with E-state index >= 15 is 0 Å². The van der Waals surface area contributed by atoms with Crippen molar-refractivity contribution in [3.8, 4) is 0 Å². The number of allylic oxidation sites excluding steroid dienone is 12. The molecule has 0 amide bonds. The molecule has 3 heteroatoms. The Hall–Kier alpha value is -0.0969. The van der Waals surface area contributed by atoms with E-state index in [1.165, 1.54) is 12.8 Å². The van der Waals surface area contributed by atoms with Crippen molar-refractivity contribution in [2.45, 2.75) is 47.5 Å². The molecular formula is C20H27Cl2Zr. The molecule has 23 heavy (non-hydrogen) atoms. The van der Waals surface area contributed by atoms with Crippen LogP contribution < -0.4 is 0 Å². The Balaban J connectivity index is 0.00000132. The number of halogens is 2. The molecule has 125 valence electrons. The molecule has 0 fully saturated rings. The summed E-state index contributed by atoms with van der Waals surface area (Å²) in [5, 5.41) is 0. The van der Waals surface area contributed by atoms with Gasteiger partial charge in [0.05, 0.1) is 0 Å². The fraction of sp³-hybridized carbons (Fsp3) is 0.400. The number of rotatable bonds is 3. The van der Waals surface area contributed by atoms with Gasteiger partial charge < -0.3 is 0 Å². The molecule has 0 unspecified atom stereocenters. The summed E-state index contributed by atoms with van der Waals surface area (Å²) in [6.45, 7) is 11.9. The van der Waals surface area contributed by atoms with Crippen LogP contribution in [0.25, 0.3) is 0 Å². The van der Waals surface area contributed by atoms with Crippen LogP contribution >= 0.6 is 24.8 Å². The molecule has 0 heterocycles. The van der Waals surface area contributed by atoms with Crippen molar-refractivity contribution < 1.29 is 21.8 Å². The average molecular weight is 430 g/mol. The zero-order valence-electron chi connectivity index (χ0n) is 14.7. The molecule has 0 N–H and O–H groups in total. The van der Waals surface area contributed by atoms with Crippen molar-refractivity contribution >= 4 is 24.8 Å². The molecule has 0 aromatic heterocycles. The van der Waals surface area contributed by atoms with Crippen molar-refractivity contribution in [2.24, 2.45) is 5.41 Å². The zero-order valence-corrected chi connectivity index (χ0v) is 18.8. The summed E-state index contributed by atoms with van der Waals surface area (Å²) in [4.78, 5) is 0. The second kappa shape index (κ2) is 7.86. The normalized spacial score (nSPS) is 21.3. The minimum atomic E-state index is -1.92. The first kappa shape index (κ1) is 20.9. The van der Waals surface area contributed by atoms with Gasteiger partial charge in [-0.05, 0) is 0 Å². The Morgan fingerprint density at radius 1 is 0.826 bits per heavy atom. The SMILES string of the molecule is CC1=C(C)C(C)(C)[C]([Zr]([C]2=CC=CC2)[C]2=CC=CC2)=C1C.Cl.Cl. The first-order valence-electron chi connectivity index (χ1n) is 7.93. The second-order valence-corrected chi connectivity index (χ2v) is 13.1. The monoisotopic (exact) mass is 427 g/mol. The maximum atomic E-state index is 2.45. The van der Waals surface area contributed by atoms with E-state index in [1.54, 1.807) is 23.3 Å². The predicted molar refractivity (Wildman–Crippen MR) is 103 cm³/mol. The first-order valence-corrected chi connectivity index (χ1v) is 11.6. The molecular weight excluding hydrogens is 402 g/mol. The van der Waals surface area contributed by atoms with Crippen LogP contribution in [0.5, 0.6) is 0 Å². The van der Waals surface area contributed by atoms with Crippen LogP contribution in [-0.4, -0.2) is 0 Å². The minimum absolute atomic E-state index is 0. The van der Waals surface area contributed by atoms with E-state index < -0.39 is 21.8 Å². The molecule has 0 atom stereocenters. The summed E-state index contributed by atoms with van der Waals surface area (Å²) in [5.41, 5.74) is 5.00. The first-order chi connectivity index (χ1) is 9.94. The summed E-state index contributed by atoms with van der Waals surface area (Å²) in [6, 6.07) is 0. The number of hydrogen-bond acceptors (Lipinski definition) is 0. The van der Waals surface area contributed by atoms with Crippen molar-refractivity contribution in [1.29, 1.82) is 0 Å². The minimum Gasteiger partial charge on any atom is -0.147 e. The summed E-state index contributed by atoms with van der Waals surface area (Å²) in [7, 11) is 0. The molecule has 0 radical (unpaired) electrons. The van der Waals surface area contributed by atoms with Crippen LogP contribution in [-0.2, 0) is 21.8 Å². The Morgan fingerprint density at radius 2 is 1.30 bits per heavy atom. The van der Waals surface area contributed by atoms with Gasteiger partial charge in [0.2, 0.25) is 0 Å². The molecule has 3 rings (SSSR count). The van der Waals surface area contributed by atoms with E-state index in [0.717, 1.165) is 0 Å². The zero-order chi connectivity index (χ0) is 15.2. The largest absolute Gasteiger partial charge is 0.147 e. The average Bonchev–Trinajstić information content (AvgIpc) is 3.16. The third-order valence-electron chi connectivity index (χ3n) is 5.50. The van der Waals surface area contributed by atoms with Gasteiger partial charge in [0.15, 0.2) is 0 Å². The van der Waals surface area contributed by atoms with Crippen LogP contribution in [0.2, 0.25) is 0 Å². The number of hydrogen-bond donors (Lipinski definition) is 0. The Bertz CT molecular complexity index is 640. The summed E-state index contributed by atoms with van der Waals surface area (Å²) >= 11 is -1.92. The molecule has 0 bridgehead atoms. The molecule has 0 saturated heterocycles. The van der Waals surface area contributed by atoms with Gasteiger partial charge in [-0.2, -0.15) is 0 Å². The van der Waals surface area contributed by atoms with Crippen LogP contribution in [0.15, 0.2) is 63.0 Å². The molecule has 0 aliphatic heterocycles. The van der Waals surface area contributed by atoms with Gasteiger partial charge in [0.25, 0.3) is 0 Å². The molecule has 0 aromatic carbocycles. The maximum Gasteiger partial charge on any atom is -0.147 e. The van der Waals surface area contributed by atoms with Gasteiger partial charge in [0, 0.05) is 0 Å². The topological polar surface area (TPSA) is 0 Å². The van der Waals surface area contributed by atoms with Gasteiger partial charge in [-0.3, -0.25) is 0 Å². The van der Waals surface area contributed by atoms with E-state index in [-0.39, 0.29) is 30.2 Å².